The average Bonchev–Trinajstić information content (AvgIpc) is 3.05. The Morgan fingerprint density at radius 3 is 2.86 bits per heavy atom. The lowest BCUT2D eigenvalue weighted by molar-refractivity contribution is -0.146. The molecular formula is C18H26N2O2. The van der Waals surface area contributed by atoms with Gasteiger partial charge in [0.05, 0.1) is 0 Å². The summed E-state index contributed by atoms with van der Waals surface area (Å²) in [6.45, 7) is 10.7. The van der Waals surface area contributed by atoms with Gasteiger partial charge in [-0.05, 0) is 57.2 Å². The van der Waals surface area contributed by atoms with E-state index in [-0.39, 0.29) is 5.91 Å². The number of likely N-dealkylation sites (tertiary alicyclic amines) is 1. The summed E-state index contributed by atoms with van der Waals surface area (Å²) in [6, 6.07) is 6.33. The highest BCUT2D eigenvalue weighted by atomic mass is 16.5. The minimum absolute atomic E-state index is 0.101. The molecule has 2 aliphatic heterocycles. The van der Waals surface area contributed by atoms with Crippen molar-refractivity contribution in [1.82, 2.24) is 10.2 Å². The van der Waals surface area contributed by atoms with Gasteiger partial charge in [-0.15, -0.1) is 0 Å². The van der Waals surface area contributed by atoms with E-state index in [9.17, 15) is 4.79 Å². The third-order valence-electron chi connectivity index (χ3n) is 5.14. The smallest absolute Gasteiger partial charge is 0.266 e. The van der Waals surface area contributed by atoms with Crippen molar-refractivity contribution in [2.75, 3.05) is 19.6 Å². The Labute approximate surface area is 132 Å². The average molecular weight is 302 g/mol. The molecule has 0 bridgehead atoms. The molecule has 0 radical (unpaired) electrons. The fourth-order valence-corrected chi connectivity index (χ4v) is 3.60. The lowest BCUT2D eigenvalue weighted by Crippen LogP contribution is -2.51. The van der Waals surface area contributed by atoms with Crippen LogP contribution >= 0.6 is 0 Å². The van der Waals surface area contributed by atoms with E-state index < -0.39 is 5.60 Å². The van der Waals surface area contributed by atoms with E-state index in [0.29, 0.717) is 12.0 Å². The molecule has 2 aliphatic rings. The molecule has 2 saturated heterocycles. The van der Waals surface area contributed by atoms with Crippen LogP contribution in [0.4, 0.5) is 0 Å². The molecule has 1 N–H and O–H groups in total. The Balaban J connectivity index is 1.77. The van der Waals surface area contributed by atoms with Crippen molar-refractivity contribution in [1.29, 1.82) is 0 Å². The number of amides is 1. The summed E-state index contributed by atoms with van der Waals surface area (Å²) >= 11 is 0. The van der Waals surface area contributed by atoms with Gasteiger partial charge >= 0.3 is 0 Å². The second kappa shape index (κ2) is 5.58. The highest BCUT2D eigenvalue weighted by molar-refractivity contribution is 5.85. The van der Waals surface area contributed by atoms with Crippen LogP contribution in [0.5, 0.6) is 5.75 Å². The van der Waals surface area contributed by atoms with Gasteiger partial charge in [-0.1, -0.05) is 12.1 Å². The highest BCUT2D eigenvalue weighted by Crippen LogP contribution is 2.31. The standard InChI is InChI=1S/C18H26N2O2/c1-12-6-5-7-16(13(12)2)22-18(3,4)17(21)20-9-8-14-10-19-11-15(14)20/h5-7,14-15,19H,8-11H2,1-4H3/t14-,15+/m0/s1. The third kappa shape index (κ3) is 2.60. The zero-order chi connectivity index (χ0) is 15.9. The molecule has 0 aliphatic carbocycles. The second-order valence-electron chi connectivity index (χ2n) is 7.08. The summed E-state index contributed by atoms with van der Waals surface area (Å²) in [7, 11) is 0. The van der Waals surface area contributed by atoms with Crippen molar-refractivity contribution in [2.45, 2.75) is 45.8 Å². The molecular weight excluding hydrogens is 276 g/mol. The van der Waals surface area contributed by atoms with E-state index in [2.05, 4.69) is 18.3 Å². The first-order valence-electron chi connectivity index (χ1n) is 8.17. The SMILES string of the molecule is Cc1cccc(OC(C)(C)C(=O)N2CC[C@H]3CNC[C@H]32)c1C. The van der Waals surface area contributed by atoms with E-state index in [4.69, 9.17) is 4.74 Å². The summed E-state index contributed by atoms with van der Waals surface area (Å²) in [5.74, 6) is 1.52. The van der Waals surface area contributed by atoms with E-state index in [1.54, 1.807) is 0 Å². The minimum atomic E-state index is -0.837. The Hall–Kier alpha value is -1.55. The first-order valence-corrected chi connectivity index (χ1v) is 8.17. The molecule has 0 saturated carbocycles. The fourth-order valence-electron chi connectivity index (χ4n) is 3.60. The van der Waals surface area contributed by atoms with Crippen molar-refractivity contribution < 1.29 is 9.53 Å². The monoisotopic (exact) mass is 302 g/mol. The molecule has 3 rings (SSSR count). The van der Waals surface area contributed by atoms with Crippen molar-refractivity contribution in [3.05, 3.63) is 29.3 Å². The minimum Gasteiger partial charge on any atom is -0.478 e. The molecule has 4 heteroatoms. The van der Waals surface area contributed by atoms with E-state index in [1.165, 1.54) is 5.56 Å². The largest absolute Gasteiger partial charge is 0.478 e. The van der Waals surface area contributed by atoms with Crippen molar-refractivity contribution in [2.24, 2.45) is 5.92 Å². The van der Waals surface area contributed by atoms with Crippen LogP contribution in [0.3, 0.4) is 0 Å². The lowest BCUT2D eigenvalue weighted by atomic mass is 10.0. The van der Waals surface area contributed by atoms with Crippen molar-refractivity contribution >= 4 is 5.91 Å². The highest BCUT2D eigenvalue weighted by Gasteiger charge is 2.45. The van der Waals surface area contributed by atoms with E-state index in [1.807, 2.05) is 37.8 Å². The fraction of sp³-hybridized carbons (Fsp3) is 0.611. The van der Waals surface area contributed by atoms with Crippen LogP contribution in [0.15, 0.2) is 18.2 Å². The molecule has 0 unspecified atom stereocenters. The van der Waals surface area contributed by atoms with Gasteiger partial charge in [0.25, 0.3) is 5.91 Å². The molecule has 1 aromatic carbocycles. The molecule has 2 atom stereocenters. The maximum absolute atomic E-state index is 13.0. The van der Waals surface area contributed by atoms with Gasteiger partial charge in [0.1, 0.15) is 5.75 Å². The number of benzene rings is 1. The predicted octanol–water partition coefficient (Wildman–Crippen LogP) is 2.28. The number of nitrogens with one attached hydrogen (secondary N) is 1. The Bertz CT molecular complexity index is 582. The number of fused-ring (bicyclic) bond motifs is 1. The van der Waals surface area contributed by atoms with Crippen molar-refractivity contribution in [3.8, 4) is 5.75 Å². The quantitative estimate of drug-likeness (QED) is 0.931. The molecule has 1 amide bonds. The van der Waals surface area contributed by atoms with Gasteiger partial charge in [0, 0.05) is 25.7 Å². The zero-order valence-electron chi connectivity index (χ0n) is 14.0. The maximum Gasteiger partial charge on any atom is 0.266 e. The summed E-state index contributed by atoms with van der Waals surface area (Å²) in [4.78, 5) is 15.0. The maximum atomic E-state index is 13.0. The summed E-state index contributed by atoms with van der Waals surface area (Å²) in [6.07, 6.45) is 1.10. The summed E-state index contributed by atoms with van der Waals surface area (Å²) in [5, 5.41) is 3.39. The number of nitrogens with zero attached hydrogens (tertiary/aromatic N) is 1. The van der Waals surface area contributed by atoms with Crippen LogP contribution in [-0.2, 0) is 4.79 Å². The van der Waals surface area contributed by atoms with Crippen LogP contribution < -0.4 is 10.1 Å². The number of aryl methyl sites for hydroxylation is 1. The third-order valence-corrected chi connectivity index (χ3v) is 5.14. The van der Waals surface area contributed by atoms with Gasteiger partial charge in [0.2, 0.25) is 0 Å². The molecule has 22 heavy (non-hydrogen) atoms. The number of carbonyl (C=O) groups excluding carboxylic acids is 1. The van der Waals surface area contributed by atoms with Gasteiger partial charge in [-0.2, -0.15) is 0 Å². The first kappa shape index (κ1) is 15.3. The van der Waals surface area contributed by atoms with Gasteiger partial charge in [0.15, 0.2) is 5.60 Å². The zero-order valence-corrected chi connectivity index (χ0v) is 14.0. The predicted molar refractivity (Wildman–Crippen MR) is 87.1 cm³/mol. The molecule has 2 fully saturated rings. The summed E-state index contributed by atoms with van der Waals surface area (Å²) in [5.41, 5.74) is 1.45. The summed E-state index contributed by atoms with van der Waals surface area (Å²) < 4.78 is 6.12. The van der Waals surface area contributed by atoms with E-state index in [0.717, 1.165) is 37.4 Å². The first-order chi connectivity index (χ1) is 10.4. The second-order valence-corrected chi connectivity index (χ2v) is 7.08. The Morgan fingerprint density at radius 1 is 1.32 bits per heavy atom. The number of rotatable bonds is 3. The number of hydrogen-bond donors (Lipinski definition) is 1. The topological polar surface area (TPSA) is 41.6 Å². The lowest BCUT2D eigenvalue weighted by Gasteiger charge is -2.33. The molecule has 1 aromatic rings. The van der Waals surface area contributed by atoms with Gasteiger partial charge < -0.3 is 15.0 Å². The van der Waals surface area contributed by atoms with Crippen LogP contribution in [-0.4, -0.2) is 42.1 Å². The van der Waals surface area contributed by atoms with Gasteiger partial charge in [-0.3, -0.25) is 4.79 Å². The Morgan fingerprint density at radius 2 is 2.09 bits per heavy atom. The number of carbonyl (C=O) groups is 1. The van der Waals surface area contributed by atoms with E-state index >= 15 is 0 Å². The molecule has 4 nitrogen and oxygen atoms in total. The van der Waals surface area contributed by atoms with Crippen LogP contribution in [0.2, 0.25) is 0 Å². The van der Waals surface area contributed by atoms with Gasteiger partial charge in [-0.25, -0.2) is 0 Å². The van der Waals surface area contributed by atoms with Crippen LogP contribution in [0, 0.1) is 19.8 Å². The molecule has 0 spiro atoms. The molecule has 0 aromatic heterocycles. The van der Waals surface area contributed by atoms with Crippen molar-refractivity contribution in [3.63, 3.8) is 0 Å². The number of ether oxygens (including phenoxy) is 1. The Kier molecular flexibility index (Phi) is 3.89. The molecule has 2 heterocycles. The normalized spacial score (nSPS) is 24.5. The molecule has 120 valence electrons. The number of hydrogen-bond acceptors (Lipinski definition) is 3. The van der Waals surface area contributed by atoms with Crippen LogP contribution in [0.25, 0.3) is 0 Å². The van der Waals surface area contributed by atoms with Crippen LogP contribution in [0.1, 0.15) is 31.4 Å².